The van der Waals surface area contributed by atoms with Gasteiger partial charge in [0, 0.05) is 10.4 Å². The van der Waals surface area contributed by atoms with E-state index in [9.17, 15) is 8.78 Å². The number of hydrogen-bond acceptors (Lipinski definition) is 3. The summed E-state index contributed by atoms with van der Waals surface area (Å²) in [5, 5.41) is 3.71. The first-order valence-corrected chi connectivity index (χ1v) is 12.8. The number of aliphatic imine (C=N–C) groups is 1. The largest absolute Gasteiger partial charge is 0.308 e. The van der Waals surface area contributed by atoms with Gasteiger partial charge >= 0.3 is 0 Å². The first-order valence-electron chi connectivity index (χ1n) is 11.5. The quantitative estimate of drug-likeness (QED) is 0.356. The zero-order valence-electron chi connectivity index (χ0n) is 18.7. The van der Waals surface area contributed by atoms with Crippen LogP contribution in [-0.4, -0.2) is 10.1 Å². The van der Waals surface area contributed by atoms with E-state index in [1.807, 2.05) is 36.4 Å². The van der Waals surface area contributed by atoms with Gasteiger partial charge < -0.3 is 4.90 Å². The second-order valence-electron chi connectivity index (χ2n) is 8.79. The number of benzene rings is 3. The minimum Gasteiger partial charge on any atom is -0.308 e. The molecule has 3 aromatic carbocycles. The predicted octanol–water partition coefficient (Wildman–Crippen LogP) is 8.60. The summed E-state index contributed by atoms with van der Waals surface area (Å²) >= 11 is 7.74. The molecule has 3 aliphatic rings. The molecular formula is C29H21ClF2N2S. The van der Waals surface area contributed by atoms with Crippen LogP contribution in [0.25, 0.3) is 11.8 Å². The fourth-order valence-corrected chi connectivity index (χ4v) is 6.01. The molecule has 0 fully saturated rings. The van der Waals surface area contributed by atoms with E-state index >= 15 is 0 Å². The topological polar surface area (TPSA) is 15.6 Å². The molecule has 3 aromatic rings. The van der Waals surface area contributed by atoms with Crippen LogP contribution < -0.4 is 0 Å². The Bertz CT molecular complexity index is 1400. The van der Waals surface area contributed by atoms with Gasteiger partial charge in [-0.25, -0.2) is 13.8 Å². The molecule has 0 amide bonds. The highest BCUT2D eigenvalue weighted by molar-refractivity contribution is 8.16. The van der Waals surface area contributed by atoms with Gasteiger partial charge in [-0.2, -0.15) is 0 Å². The van der Waals surface area contributed by atoms with E-state index in [0.29, 0.717) is 5.02 Å². The van der Waals surface area contributed by atoms with Gasteiger partial charge in [0.05, 0.1) is 17.4 Å². The molecular weight excluding hydrogens is 482 g/mol. The van der Waals surface area contributed by atoms with Crippen molar-refractivity contribution in [3.63, 3.8) is 0 Å². The van der Waals surface area contributed by atoms with Crippen molar-refractivity contribution in [2.75, 3.05) is 0 Å². The van der Waals surface area contributed by atoms with Crippen molar-refractivity contribution in [1.82, 2.24) is 4.90 Å². The third-order valence-corrected chi connectivity index (χ3v) is 7.67. The van der Waals surface area contributed by atoms with E-state index < -0.39 is 0 Å². The number of fused-ring (bicyclic) bond motifs is 1. The lowest BCUT2D eigenvalue weighted by molar-refractivity contribution is 0.457. The van der Waals surface area contributed by atoms with Gasteiger partial charge in [0.25, 0.3) is 0 Å². The number of amidine groups is 1. The Hall–Kier alpha value is -3.15. The summed E-state index contributed by atoms with van der Waals surface area (Å²) in [7, 11) is 0. The molecule has 2 heterocycles. The summed E-state index contributed by atoms with van der Waals surface area (Å²) in [5.74, 6) is -0.499. The lowest BCUT2D eigenvalue weighted by Gasteiger charge is -2.40. The lowest BCUT2D eigenvalue weighted by atomic mass is 9.82. The summed E-state index contributed by atoms with van der Waals surface area (Å²) in [4.78, 5) is 7.40. The molecule has 1 unspecified atom stereocenters. The van der Waals surface area contributed by atoms with Crippen LogP contribution in [0.1, 0.15) is 42.0 Å². The Kier molecular flexibility index (Phi) is 5.83. The van der Waals surface area contributed by atoms with E-state index in [1.165, 1.54) is 29.8 Å². The molecule has 0 spiro atoms. The molecule has 0 radical (unpaired) electrons. The number of allylic oxidation sites excluding steroid dienone is 1. The third kappa shape index (κ3) is 4.24. The molecule has 0 aromatic heterocycles. The SMILES string of the molecule is Fc1ccc(C=C2CCCC3=C2N=C2SC=C(c4ccc(Cl)cc4)N2C3c2ccc(F)cc2)cc1. The maximum Gasteiger partial charge on any atom is 0.174 e. The van der Waals surface area contributed by atoms with Crippen LogP contribution in [0.3, 0.4) is 0 Å². The summed E-state index contributed by atoms with van der Waals surface area (Å²) in [6.07, 6.45) is 4.92. The van der Waals surface area contributed by atoms with Gasteiger partial charge in [-0.15, -0.1) is 0 Å². The average molecular weight is 503 g/mol. The van der Waals surface area contributed by atoms with Gasteiger partial charge in [-0.1, -0.05) is 59.8 Å². The van der Waals surface area contributed by atoms with Gasteiger partial charge in [-0.3, -0.25) is 0 Å². The zero-order valence-corrected chi connectivity index (χ0v) is 20.3. The fraction of sp³-hybridized carbons (Fsp3) is 0.138. The standard InChI is InChI=1S/C29H21ClF2N2S/c30-22-10-6-19(7-11-22)26-17-35-29-33-27-21(16-18-4-12-23(31)13-5-18)2-1-3-25(27)28(34(26)29)20-8-14-24(32)15-9-20/h4-17,28H,1-3H2. The van der Waals surface area contributed by atoms with Crippen LogP contribution in [0, 0.1) is 11.6 Å². The molecule has 6 heteroatoms. The van der Waals surface area contributed by atoms with Crippen molar-refractivity contribution >= 4 is 40.3 Å². The molecule has 6 rings (SSSR count). The van der Waals surface area contributed by atoms with Crippen LogP contribution in [0.5, 0.6) is 0 Å². The summed E-state index contributed by atoms with van der Waals surface area (Å²) in [6.45, 7) is 0. The van der Waals surface area contributed by atoms with Gasteiger partial charge in [0.15, 0.2) is 5.17 Å². The maximum absolute atomic E-state index is 13.9. The zero-order chi connectivity index (χ0) is 23.9. The van der Waals surface area contributed by atoms with Crippen molar-refractivity contribution in [3.05, 3.63) is 128 Å². The van der Waals surface area contributed by atoms with Crippen molar-refractivity contribution in [1.29, 1.82) is 0 Å². The number of thioether (sulfide) groups is 1. The average Bonchev–Trinajstić information content (AvgIpc) is 3.29. The molecule has 35 heavy (non-hydrogen) atoms. The molecule has 0 saturated heterocycles. The van der Waals surface area contributed by atoms with E-state index in [1.54, 1.807) is 23.9 Å². The molecule has 2 aliphatic heterocycles. The third-order valence-electron chi connectivity index (χ3n) is 6.57. The van der Waals surface area contributed by atoms with Gasteiger partial charge in [-0.05, 0) is 89.6 Å². The second-order valence-corrected chi connectivity index (χ2v) is 10.1. The van der Waals surface area contributed by atoms with E-state index in [-0.39, 0.29) is 17.7 Å². The summed E-state index contributed by atoms with van der Waals surface area (Å²) in [6, 6.07) is 21.1. The van der Waals surface area contributed by atoms with Crippen LogP contribution in [-0.2, 0) is 0 Å². The fourth-order valence-electron chi connectivity index (χ4n) is 4.95. The first kappa shape index (κ1) is 22.3. The van der Waals surface area contributed by atoms with Gasteiger partial charge in [0.2, 0.25) is 0 Å². The number of hydrogen-bond donors (Lipinski definition) is 0. The molecule has 2 nitrogen and oxygen atoms in total. The number of nitrogens with zero attached hydrogens (tertiary/aromatic N) is 2. The Morgan fingerprint density at radius 3 is 2.29 bits per heavy atom. The highest BCUT2D eigenvalue weighted by Gasteiger charge is 2.40. The molecule has 174 valence electrons. The Labute approximate surface area is 212 Å². The molecule has 1 atom stereocenters. The minimum absolute atomic E-state index is 0.0908. The van der Waals surface area contributed by atoms with E-state index in [2.05, 4.69) is 16.4 Å². The Morgan fingerprint density at radius 2 is 1.57 bits per heavy atom. The lowest BCUT2D eigenvalue weighted by Crippen LogP contribution is -2.34. The number of halogens is 3. The van der Waals surface area contributed by atoms with Gasteiger partial charge in [0.1, 0.15) is 11.6 Å². The van der Waals surface area contributed by atoms with E-state index in [0.717, 1.165) is 58.1 Å². The molecule has 0 N–H and O–H groups in total. The van der Waals surface area contributed by atoms with Crippen molar-refractivity contribution in [2.24, 2.45) is 4.99 Å². The normalized spacial score (nSPS) is 20.5. The van der Waals surface area contributed by atoms with Crippen molar-refractivity contribution in [2.45, 2.75) is 25.3 Å². The van der Waals surface area contributed by atoms with E-state index in [4.69, 9.17) is 16.6 Å². The van der Waals surface area contributed by atoms with Crippen LogP contribution in [0.2, 0.25) is 5.02 Å². The predicted molar refractivity (Wildman–Crippen MR) is 141 cm³/mol. The van der Waals surface area contributed by atoms with Crippen LogP contribution >= 0.6 is 23.4 Å². The van der Waals surface area contributed by atoms with Crippen molar-refractivity contribution < 1.29 is 8.78 Å². The highest BCUT2D eigenvalue weighted by Crippen LogP contribution is 2.51. The highest BCUT2D eigenvalue weighted by atomic mass is 35.5. The van der Waals surface area contributed by atoms with Crippen molar-refractivity contribution in [3.8, 4) is 0 Å². The monoisotopic (exact) mass is 502 g/mol. The Balaban J connectivity index is 1.48. The first-order chi connectivity index (χ1) is 17.1. The Morgan fingerprint density at radius 1 is 0.886 bits per heavy atom. The molecule has 0 bridgehead atoms. The van der Waals surface area contributed by atoms with Crippen LogP contribution in [0.4, 0.5) is 8.78 Å². The minimum atomic E-state index is -0.252. The molecule has 1 aliphatic carbocycles. The molecule has 0 saturated carbocycles. The number of rotatable bonds is 3. The van der Waals surface area contributed by atoms with Crippen LogP contribution in [0.15, 0.2) is 100 Å². The second kappa shape index (κ2) is 9.14. The summed E-state index contributed by atoms with van der Waals surface area (Å²) in [5.41, 5.74) is 7.47. The summed E-state index contributed by atoms with van der Waals surface area (Å²) < 4.78 is 27.3. The smallest absolute Gasteiger partial charge is 0.174 e. The maximum atomic E-state index is 13.9.